The van der Waals surface area contributed by atoms with Crippen LogP contribution >= 0.6 is 11.6 Å². The van der Waals surface area contributed by atoms with Crippen molar-refractivity contribution < 1.29 is 14.6 Å². The molecule has 1 saturated carbocycles. The number of hydrogen-bond donors (Lipinski definition) is 2. The van der Waals surface area contributed by atoms with Gasteiger partial charge >= 0.3 is 0 Å². The fourth-order valence-corrected chi connectivity index (χ4v) is 1.94. The van der Waals surface area contributed by atoms with E-state index in [0.29, 0.717) is 10.6 Å². The molecular formula is C12H14ClFO2. The van der Waals surface area contributed by atoms with Crippen LogP contribution < -0.4 is 0 Å². The van der Waals surface area contributed by atoms with Crippen LogP contribution in [0.15, 0.2) is 18.2 Å². The van der Waals surface area contributed by atoms with E-state index in [1.54, 1.807) is 12.1 Å². The third kappa shape index (κ3) is 2.73. The molecule has 2 nitrogen and oxygen atoms in total. The van der Waals surface area contributed by atoms with Crippen LogP contribution in [-0.2, 0) is 6.42 Å². The largest absolute Gasteiger partial charge is 0.390 e. The van der Waals surface area contributed by atoms with Gasteiger partial charge in [0.2, 0.25) is 0 Å². The number of aliphatic hydroxyl groups excluding tert-OH is 2. The molecule has 2 unspecified atom stereocenters. The van der Waals surface area contributed by atoms with Crippen LogP contribution in [0.1, 0.15) is 18.4 Å². The van der Waals surface area contributed by atoms with Crippen molar-refractivity contribution in [1.29, 1.82) is 0 Å². The normalized spacial score (nSPS) is 19.5. The third-order valence-electron chi connectivity index (χ3n) is 2.94. The fourth-order valence-electron chi connectivity index (χ4n) is 1.79. The summed E-state index contributed by atoms with van der Waals surface area (Å²) in [5, 5.41) is 19.7. The Hall–Kier alpha value is -0.640. The molecule has 1 aromatic carbocycles. The van der Waals surface area contributed by atoms with E-state index in [1.165, 1.54) is 6.07 Å². The van der Waals surface area contributed by atoms with Crippen molar-refractivity contribution in [2.45, 2.75) is 31.5 Å². The number of rotatable bonds is 4. The Morgan fingerprint density at radius 1 is 1.38 bits per heavy atom. The van der Waals surface area contributed by atoms with Gasteiger partial charge in [-0.3, -0.25) is 0 Å². The number of hydrogen-bond acceptors (Lipinski definition) is 2. The first-order valence-electron chi connectivity index (χ1n) is 5.38. The maximum absolute atomic E-state index is 13.4. The van der Waals surface area contributed by atoms with Gasteiger partial charge in [0.15, 0.2) is 0 Å². The Morgan fingerprint density at radius 2 is 2.06 bits per heavy atom. The monoisotopic (exact) mass is 244 g/mol. The highest BCUT2D eigenvalue weighted by Crippen LogP contribution is 2.34. The molecule has 2 N–H and O–H groups in total. The summed E-state index contributed by atoms with van der Waals surface area (Å²) < 4.78 is 13.4. The molecule has 0 bridgehead atoms. The minimum atomic E-state index is -0.900. The van der Waals surface area contributed by atoms with E-state index >= 15 is 0 Å². The standard InChI is InChI=1S/C12H14ClFO2/c13-9-4-3-8(10(14)6-9)5-11(15)12(16)7-1-2-7/h3-4,6-7,11-12,15-16H,1-2,5H2. The average molecular weight is 245 g/mol. The lowest BCUT2D eigenvalue weighted by Gasteiger charge is -2.17. The molecule has 88 valence electrons. The van der Waals surface area contributed by atoms with E-state index in [-0.39, 0.29) is 12.3 Å². The molecule has 0 spiro atoms. The van der Waals surface area contributed by atoms with Gasteiger partial charge in [0.05, 0.1) is 12.2 Å². The van der Waals surface area contributed by atoms with Gasteiger partial charge in [-0.25, -0.2) is 4.39 Å². The first kappa shape index (κ1) is 11.8. The summed E-state index contributed by atoms with van der Waals surface area (Å²) in [6.45, 7) is 0. The van der Waals surface area contributed by atoms with Crippen LogP contribution in [0.5, 0.6) is 0 Å². The highest BCUT2D eigenvalue weighted by molar-refractivity contribution is 6.30. The van der Waals surface area contributed by atoms with Gasteiger partial charge in [-0.05, 0) is 36.5 Å². The summed E-state index contributed by atoms with van der Waals surface area (Å²) in [4.78, 5) is 0. The smallest absolute Gasteiger partial charge is 0.127 e. The maximum Gasteiger partial charge on any atom is 0.127 e. The minimum Gasteiger partial charge on any atom is -0.390 e. The minimum absolute atomic E-state index is 0.126. The molecule has 0 heterocycles. The van der Waals surface area contributed by atoms with Crippen molar-refractivity contribution in [3.8, 4) is 0 Å². The van der Waals surface area contributed by atoms with Gasteiger partial charge in [-0.1, -0.05) is 17.7 Å². The Morgan fingerprint density at radius 3 is 2.62 bits per heavy atom. The van der Waals surface area contributed by atoms with Crippen LogP contribution in [0.2, 0.25) is 5.02 Å². The van der Waals surface area contributed by atoms with Gasteiger partial charge in [-0.15, -0.1) is 0 Å². The third-order valence-corrected chi connectivity index (χ3v) is 3.18. The lowest BCUT2D eigenvalue weighted by atomic mass is 10.0. The predicted octanol–water partition coefficient (Wildman–Crippen LogP) is 2.15. The van der Waals surface area contributed by atoms with Crippen LogP contribution in [0.25, 0.3) is 0 Å². The maximum atomic E-state index is 13.4. The lowest BCUT2D eigenvalue weighted by Crippen LogP contribution is -2.30. The summed E-state index contributed by atoms with van der Waals surface area (Å²) in [6, 6.07) is 4.34. The number of benzene rings is 1. The van der Waals surface area contributed by atoms with Crippen LogP contribution in [0, 0.1) is 11.7 Å². The van der Waals surface area contributed by atoms with E-state index in [2.05, 4.69) is 0 Å². The number of halogens is 2. The second-order valence-electron chi connectivity index (χ2n) is 4.34. The number of aliphatic hydroxyl groups is 2. The molecule has 4 heteroatoms. The molecule has 2 rings (SSSR count). The summed E-state index contributed by atoms with van der Waals surface area (Å²) in [7, 11) is 0. The SMILES string of the molecule is OC(Cc1ccc(Cl)cc1F)C(O)C1CC1. The zero-order chi connectivity index (χ0) is 11.7. The molecule has 0 aromatic heterocycles. The first-order valence-corrected chi connectivity index (χ1v) is 5.76. The second kappa shape index (κ2) is 4.70. The summed E-state index contributed by atoms with van der Waals surface area (Å²) in [6.07, 6.45) is 0.377. The molecule has 0 radical (unpaired) electrons. The summed E-state index contributed by atoms with van der Waals surface area (Å²) in [5.74, 6) is -0.250. The molecule has 0 amide bonds. The van der Waals surface area contributed by atoms with E-state index in [1.807, 2.05) is 0 Å². The highest BCUT2D eigenvalue weighted by Gasteiger charge is 2.34. The fraction of sp³-hybridized carbons (Fsp3) is 0.500. The summed E-state index contributed by atoms with van der Waals surface area (Å²) >= 11 is 5.62. The molecule has 16 heavy (non-hydrogen) atoms. The Bertz CT molecular complexity index is 379. The zero-order valence-electron chi connectivity index (χ0n) is 8.74. The van der Waals surface area contributed by atoms with Gasteiger partial charge in [0, 0.05) is 11.4 Å². The molecule has 1 aliphatic carbocycles. The van der Waals surface area contributed by atoms with Crippen LogP contribution in [0.4, 0.5) is 4.39 Å². The van der Waals surface area contributed by atoms with E-state index in [4.69, 9.17) is 11.6 Å². The van der Waals surface area contributed by atoms with Gasteiger partial charge in [0.25, 0.3) is 0 Å². The average Bonchev–Trinajstić information content (AvgIpc) is 3.04. The van der Waals surface area contributed by atoms with Crippen molar-refractivity contribution in [3.63, 3.8) is 0 Å². The molecular weight excluding hydrogens is 231 g/mol. The molecule has 0 saturated heterocycles. The van der Waals surface area contributed by atoms with Gasteiger partial charge < -0.3 is 10.2 Å². The van der Waals surface area contributed by atoms with Crippen LogP contribution in [-0.4, -0.2) is 22.4 Å². The first-order chi connectivity index (χ1) is 7.58. The molecule has 1 aromatic rings. The topological polar surface area (TPSA) is 40.5 Å². The van der Waals surface area contributed by atoms with Gasteiger partial charge in [0.1, 0.15) is 5.82 Å². The van der Waals surface area contributed by atoms with Crippen molar-refractivity contribution in [3.05, 3.63) is 34.6 Å². The van der Waals surface area contributed by atoms with Crippen molar-refractivity contribution in [2.24, 2.45) is 5.92 Å². The zero-order valence-corrected chi connectivity index (χ0v) is 9.49. The lowest BCUT2D eigenvalue weighted by molar-refractivity contribution is 0.00632. The molecule has 1 fully saturated rings. The van der Waals surface area contributed by atoms with Crippen molar-refractivity contribution in [2.75, 3.05) is 0 Å². The Labute approximate surface area is 98.7 Å². The van der Waals surface area contributed by atoms with Crippen molar-refractivity contribution >= 4 is 11.6 Å². The molecule has 0 aliphatic heterocycles. The summed E-state index contributed by atoms with van der Waals surface area (Å²) in [5.41, 5.74) is 0.386. The second-order valence-corrected chi connectivity index (χ2v) is 4.77. The van der Waals surface area contributed by atoms with E-state index < -0.39 is 18.0 Å². The van der Waals surface area contributed by atoms with Gasteiger partial charge in [-0.2, -0.15) is 0 Å². The molecule has 1 aliphatic rings. The van der Waals surface area contributed by atoms with Crippen molar-refractivity contribution in [1.82, 2.24) is 0 Å². The van der Waals surface area contributed by atoms with Crippen LogP contribution in [0.3, 0.4) is 0 Å². The highest BCUT2D eigenvalue weighted by atomic mass is 35.5. The quantitative estimate of drug-likeness (QED) is 0.852. The van der Waals surface area contributed by atoms with E-state index in [0.717, 1.165) is 12.8 Å². The Balaban J connectivity index is 2.02. The molecule has 2 atom stereocenters. The predicted molar refractivity (Wildman–Crippen MR) is 59.9 cm³/mol. The van der Waals surface area contributed by atoms with E-state index in [9.17, 15) is 14.6 Å². The Kier molecular flexibility index (Phi) is 3.47.